The average Bonchev–Trinajstić information content (AvgIpc) is 2.09. The van der Waals surface area contributed by atoms with Gasteiger partial charge in [0.2, 0.25) is 5.91 Å². The molecule has 1 rings (SSSR count). The van der Waals surface area contributed by atoms with Gasteiger partial charge >= 0.3 is 0 Å². The van der Waals surface area contributed by atoms with Crippen LogP contribution in [0, 0.1) is 0 Å². The molecule has 1 saturated heterocycles. The van der Waals surface area contributed by atoms with Crippen LogP contribution in [0.25, 0.3) is 0 Å². The first-order valence-corrected chi connectivity index (χ1v) is 5.18. The zero-order valence-corrected chi connectivity index (χ0v) is 9.42. The Kier molecular flexibility index (Phi) is 3.50. The summed E-state index contributed by atoms with van der Waals surface area (Å²) in [5.74, 6) is 0.191. The van der Waals surface area contributed by atoms with Crippen molar-refractivity contribution in [2.45, 2.75) is 25.3 Å². The first-order chi connectivity index (χ1) is 6.47. The summed E-state index contributed by atoms with van der Waals surface area (Å²) >= 11 is 0. The van der Waals surface area contributed by atoms with E-state index in [9.17, 15) is 4.79 Å². The highest BCUT2D eigenvalue weighted by Crippen LogP contribution is 2.21. The molecule has 0 bridgehead atoms. The fourth-order valence-electron chi connectivity index (χ4n) is 1.70. The number of likely N-dealkylation sites (tertiary alicyclic amines) is 1. The van der Waals surface area contributed by atoms with Crippen LogP contribution in [-0.4, -0.2) is 55.0 Å². The SMILES string of the molecule is CCC1(N)CN(CCC(=O)N(C)C)C1. The third-order valence-corrected chi connectivity index (χ3v) is 2.92. The Hall–Kier alpha value is -0.610. The van der Waals surface area contributed by atoms with Crippen molar-refractivity contribution >= 4 is 5.91 Å². The summed E-state index contributed by atoms with van der Waals surface area (Å²) in [6, 6.07) is 0. The van der Waals surface area contributed by atoms with Gasteiger partial charge in [0.1, 0.15) is 0 Å². The van der Waals surface area contributed by atoms with Gasteiger partial charge in [0.15, 0.2) is 0 Å². The lowest BCUT2D eigenvalue weighted by Gasteiger charge is -2.47. The zero-order chi connectivity index (χ0) is 10.8. The van der Waals surface area contributed by atoms with Crippen molar-refractivity contribution in [1.29, 1.82) is 0 Å². The molecule has 1 aliphatic rings. The van der Waals surface area contributed by atoms with E-state index in [2.05, 4.69) is 11.8 Å². The fraction of sp³-hybridized carbons (Fsp3) is 0.900. The fourth-order valence-corrected chi connectivity index (χ4v) is 1.70. The van der Waals surface area contributed by atoms with Crippen LogP contribution in [0.5, 0.6) is 0 Å². The molecule has 0 saturated carbocycles. The third kappa shape index (κ3) is 2.69. The topological polar surface area (TPSA) is 49.6 Å². The Morgan fingerprint density at radius 1 is 1.50 bits per heavy atom. The lowest BCUT2D eigenvalue weighted by atomic mass is 9.88. The number of hydrogen-bond donors (Lipinski definition) is 1. The van der Waals surface area contributed by atoms with Gasteiger partial charge in [-0.05, 0) is 6.42 Å². The highest BCUT2D eigenvalue weighted by atomic mass is 16.2. The summed E-state index contributed by atoms with van der Waals surface area (Å²) in [7, 11) is 3.58. The lowest BCUT2D eigenvalue weighted by molar-refractivity contribution is -0.129. The first kappa shape index (κ1) is 11.5. The summed E-state index contributed by atoms with van der Waals surface area (Å²) in [6.45, 7) is 4.83. The van der Waals surface area contributed by atoms with Gasteiger partial charge < -0.3 is 10.6 Å². The monoisotopic (exact) mass is 199 g/mol. The van der Waals surface area contributed by atoms with Crippen molar-refractivity contribution < 1.29 is 4.79 Å². The molecule has 14 heavy (non-hydrogen) atoms. The number of hydrogen-bond acceptors (Lipinski definition) is 3. The maximum Gasteiger partial charge on any atom is 0.223 e. The smallest absolute Gasteiger partial charge is 0.223 e. The number of rotatable bonds is 4. The Labute approximate surface area is 86.0 Å². The molecule has 4 heteroatoms. The molecule has 1 fully saturated rings. The van der Waals surface area contributed by atoms with E-state index in [0.717, 1.165) is 26.1 Å². The second-order valence-corrected chi connectivity index (χ2v) is 4.46. The third-order valence-electron chi connectivity index (χ3n) is 2.92. The first-order valence-electron chi connectivity index (χ1n) is 5.18. The Morgan fingerprint density at radius 3 is 2.50 bits per heavy atom. The highest BCUT2D eigenvalue weighted by molar-refractivity contribution is 5.75. The number of nitrogens with two attached hydrogens (primary N) is 1. The number of carbonyl (C=O) groups is 1. The molecule has 0 aromatic carbocycles. The van der Waals surface area contributed by atoms with Gasteiger partial charge in [-0.15, -0.1) is 0 Å². The molecule has 0 aromatic heterocycles. The normalized spacial score (nSPS) is 20.3. The summed E-state index contributed by atoms with van der Waals surface area (Å²) < 4.78 is 0. The zero-order valence-electron chi connectivity index (χ0n) is 9.42. The minimum Gasteiger partial charge on any atom is -0.349 e. The van der Waals surface area contributed by atoms with E-state index in [0.29, 0.717) is 6.42 Å². The Balaban J connectivity index is 2.15. The van der Waals surface area contributed by atoms with Crippen molar-refractivity contribution in [3.05, 3.63) is 0 Å². The molecule has 0 aliphatic carbocycles. The Morgan fingerprint density at radius 2 is 2.07 bits per heavy atom. The number of carbonyl (C=O) groups excluding carboxylic acids is 1. The lowest BCUT2D eigenvalue weighted by Crippen LogP contribution is -2.67. The van der Waals surface area contributed by atoms with Gasteiger partial charge in [0, 0.05) is 45.7 Å². The molecular formula is C10H21N3O. The minimum absolute atomic E-state index is 0.0150. The second kappa shape index (κ2) is 4.28. The van der Waals surface area contributed by atoms with Crippen LogP contribution in [0.4, 0.5) is 0 Å². The second-order valence-electron chi connectivity index (χ2n) is 4.46. The summed E-state index contributed by atoms with van der Waals surface area (Å²) in [5, 5.41) is 0. The van der Waals surface area contributed by atoms with E-state index in [1.807, 2.05) is 0 Å². The summed E-state index contributed by atoms with van der Waals surface area (Å²) in [6.07, 6.45) is 1.62. The van der Waals surface area contributed by atoms with Crippen LogP contribution in [-0.2, 0) is 4.79 Å². The molecule has 2 N–H and O–H groups in total. The molecule has 0 unspecified atom stereocenters. The molecule has 0 spiro atoms. The molecule has 1 aliphatic heterocycles. The maximum absolute atomic E-state index is 11.3. The molecule has 4 nitrogen and oxygen atoms in total. The van der Waals surface area contributed by atoms with Crippen molar-refractivity contribution in [3.63, 3.8) is 0 Å². The molecule has 82 valence electrons. The predicted octanol–water partition coefficient (Wildman–Crippen LogP) is -0.112. The van der Waals surface area contributed by atoms with Crippen molar-refractivity contribution in [2.24, 2.45) is 5.73 Å². The van der Waals surface area contributed by atoms with Gasteiger partial charge in [-0.2, -0.15) is 0 Å². The van der Waals surface area contributed by atoms with E-state index < -0.39 is 0 Å². The van der Waals surface area contributed by atoms with E-state index >= 15 is 0 Å². The van der Waals surface area contributed by atoms with Crippen LogP contribution < -0.4 is 5.73 Å². The van der Waals surface area contributed by atoms with Crippen LogP contribution >= 0.6 is 0 Å². The largest absolute Gasteiger partial charge is 0.349 e. The molecule has 0 radical (unpaired) electrons. The van der Waals surface area contributed by atoms with Gasteiger partial charge in [0.25, 0.3) is 0 Å². The number of nitrogens with zero attached hydrogens (tertiary/aromatic N) is 2. The van der Waals surface area contributed by atoms with E-state index in [4.69, 9.17) is 5.73 Å². The van der Waals surface area contributed by atoms with Crippen LogP contribution in [0.3, 0.4) is 0 Å². The summed E-state index contributed by atoms with van der Waals surface area (Å²) in [4.78, 5) is 15.2. The van der Waals surface area contributed by atoms with Gasteiger partial charge in [-0.3, -0.25) is 9.69 Å². The van der Waals surface area contributed by atoms with Gasteiger partial charge in [0.05, 0.1) is 0 Å². The van der Waals surface area contributed by atoms with E-state index in [-0.39, 0.29) is 11.4 Å². The molecular weight excluding hydrogens is 178 g/mol. The molecule has 0 aromatic rings. The molecule has 0 atom stereocenters. The van der Waals surface area contributed by atoms with Crippen LogP contribution in [0.15, 0.2) is 0 Å². The van der Waals surface area contributed by atoms with E-state index in [1.54, 1.807) is 19.0 Å². The standard InChI is InChI=1S/C10H21N3O/c1-4-10(11)7-13(8-10)6-5-9(14)12(2)3/h4-8,11H2,1-3H3. The van der Waals surface area contributed by atoms with Crippen molar-refractivity contribution in [2.75, 3.05) is 33.7 Å². The van der Waals surface area contributed by atoms with Crippen LogP contribution in [0.2, 0.25) is 0 Å². The van der Waals surface area contributed by atoms with Crippen molar-refractivity contribution in [1.82, 2.24) is 9.80 Å². The molecule has 1 amide bonds. The molecule has 1 heterocycles. The quantitative estimate of drug-likeness (QED) is 0.687. The average molecular weight is 199 g/mol. The minimum atomic E-state index is 0.0150. The van der Waals surface area contributed by atoms with E-state index in [1.165, 1.54) is 0 Å². The highest BCUT2D eigenvalue weighted by Gasteiger charge is 2.37. The van der Waals surface area contributed by atoms with Gasteiger partial charge in [-0.25, -0.2) is 0 Å². The predicted molar refractivity (Wildman–Crippen MR) is 57.0 cm³/mol. The van der Waals surface area contributed by atoms with Gasteiger partial charge in [-0.1, -0.05) is 6.92 Å². The Bertz CT molecular complexity index is 209. The van der Waals surface area contributed by atoms with Crippen molar-refractivity contribution in [3.8, 4) is 0 Å². The summed E-state index contributed by atoms with van der Waals surface area (Å²) in [5.41, 5.74) is 6.04. The maximum atomic E-state index is 11.3. The van der Waals surface area contributed by atoms with Crippen LogP contribution in [0.1, 0.15) is 19.8 Å². The number of amides is 1.